The first kappa shape index (κ1) is 18.6. The first-order valence-electron chi connectivity index (χ1n) is 8.59. The van der Waals surface area contributed by atoms with Gasteiger partial charge in [0.15, 0.2) is 5.78 Å². The number of aliphatic hydroxyl groups is 1. The largest absolute Gasteiger partial charge is 0.391 e. The van der Waals surface area contributed by atoms with Gasteiger partial charge in [0.25, 0.3) is 0 Å². The molecule has 1 aromatic carbocycles. The highest BCUT2D eigenvalue weighted by molar-refractivity contribution is 6.30. The quantitative estimate of drug-likeness (QED) is 0.836. The molecule has 1 aliphatic rings. The summed E-state index contributed by atoms with van der Waals surface area (Å²) in [4.78, 5) is 26.7. The number of nitrogens with zero attached hydrogens (tertiary/aromatic N) is 2. The van der Waals surface area contributed by atoms with Gasteiger partial charge in [0.05, 0.1) is 24.3 Å². The zero-order chi connectivity index (χ0) is 18.7. The number of aromatic nitrogens is 1. The highest BCUT2D eigenvalue weighted by atomic mass is 35.5. The number of halogens is 1. The van der Waals surface area contributed by atoms with Gasteiger partial charge in [-0.2, -0.15) is 0 Å². The number of carbonyl (C=O) groups excluding carboxylic acids is 2. The SMILES string of the molecule is Cc1cc(CC(=O)N2C[C@H](O)CC2C(=O)CCc2ccc(Cl)cc2)on1. The van der Waals surface area contributed by atoms with Gasteiger partial charge in [-0.3, -0.25) is 9.59 Å². The molecule has 138 valence electrons. The van der Waals surface area contributed by atoms with Crippen molar-refractivity contribution < 1.29 is 19.2 Å². The van der Waals surface area contributed by atoms with Gasteiger partial charge in [0.2, 0.25) is 5.91 Å². The molecule has 0 bridgehead atoms. The molecule has 1 fully saturated rings. The van der Waals surface area contributed by atoms with Gasteiger partial charge in [-0.05, 0) is 31.0 Å². The lowest BCUT2D eigenvalue weighted by Gasteiger charge is -2.23. The molecule has 2 aromatic rings. The zero-order valence-corrected chi connectivity index (χ0v) is 15.3. The summed E-state index contributed by atoms with van der Waals surface area (Å²) in [6.07, 6.45) is 0.519. The van der Waals surface area contributed by atoms with Crippen molar-refractivity contribution >= 4 is 23.3 Å². The second kappa shape index (κ2) is 8.01. The Kier molecular flexibility index (Phi) is 5.74. The lowest BCUT2D eigenvalue weighted by Crippen LogP contribution is -2.41. The number of Topliss-reactive ketones (excluding diaryl/α,β-unsaturated/α-hetero) is 1. The van der Waals surface area contributed by atoms with E-state index in [0.717, 1.165) is 5.56 Å². The van der Waals surface area contributed by atoms with Crippen molar-refractivity contribution in [3.8, 4) is 0 Å². The number of hydrogen-bond donors (Lipinski definition) is 1. The van der Waals surface area contributed by atoms with Crippen LogP contribution in [-0.2, 0) is 22.4 Å². The highest BCUT2D eigenvalue weighted by Crippen LogP contribution is 2.22. The number of aliphatic hydroxyl groups excluding tert-OH is 1. The molecule has 1 aliphatic heterocycles. The summed E-state index contributed by atoms with van der Waals surface area (Å²) in [5.74, 6) is 0.183. The van der Waals surface area contributed by atoms with E-state index in [0.29, 0.717) is 29.3 Å². The fourth-order valence-corrected chi connectivity index (χ4v) is 3.36. The number of amides is 1. The maximum atomic E-state index is 12.6. The molecular formula is C19H21ClN2O4. The van der Waals surface area contributed by atoms with Crippen molar-refractivity contribution in [1.82, 2.24) is 10.1 Å². The molecule has 6 nitrogen and oxygen atoms in total. The summed E-state index contributed by atoms with van der Waals surface area (Å²) in [5, 5.41) is 14.4. The van der Waals surface area contributed by atoms with Crippen LogP contribution in [0.2, 0.25) is 5.02 Å². The molecule has 0 radical (unpaired) electrons. The molecule has 1 N–H and O–H groups in total. The van der Waals surface area contributed by atoms with Crippen LogP contribution in [-0.4, -0.2) is 45.5 Å². The minimum absolute atomic E-state index is 0.0362. The maximum absolute atomic E-state index is 12.6. The Balaban J connectivity index is 1.61. The smallest absolute Gasteiger partial charge is 0.231 e. The van der Waals surface area contributed by atoms with Crippen molar-refractivity contribution in [3.05, 3.63) is 52.4 Å². The number of aryl methyl sites for hydroxylation is 2. The zero-order valence-electron chi connectivity index (χ0n) is 14.5. The predicted octanol–water partition coefficient (Wildman–Crippen LogP) is 2.34. The maximum Gasteiger partial charge on any atom is 0.231 e. The highest BCUT2D eigenvalue weighted by Gasteiger charge is 2.38. The summed E-state index contributed by atoms with van der Waals surface area (Å²) in [6.45, 7) is 1.95. The molecule has 7 heteroatoms. The van der Waals surface area contributed by atoms with E-state index < -0.39 is 12.1 Å². The topological polar surface area (TPSA) is 83.6 Å². The van der Waals surface area contributed by atoms with Crippen LogP contribution >= 0.6 is 11.6 Å². The Morgan fingerprint density at radius 1 is 1.35 bits per heavy atom. The number of rotatable bonds is 6. The number of ketones is 1. The molecule has 1 amide bonds. The molecule has 0 saturated carbocycles. The molecule has 2 atom stereocenters. The van der Waals surface area contributed by atoms with Crippen LogP contribution in [0.5, 0.6) is 0 Å². The molecule has 3 rings (SSSR count). The average molecular weight is 377 g/mol. The average Bonchev–Trinajstić information content (AvgIpc) is 3.19. The Labute approximate surface area is 156 Å². The molecule has 0 aliphatic carbocycles. The van der Waals surface area contributed by atoms with Crippen LogP contribution in [0, 0.1) is 6.92 Å². The van der Waals surface area contributed by atoms with E-state index >= 15 is 0 Å². The van der Waals surface area contributed by atoms with E-state index in [-0.39, 0.29) is 31.1 Å². The van der Waals surface area contributed by atoms with E-state index in [1.807, 2.05) is 12.1 Å². The minimum Gasteiger partial charge on any atom is -0.391 e. The lowest BCUT2D eigenvalue weighted by atomic mass is 10.0. The molecule has 1 aromatic heterocycles. The van der Waals surface area contributed by atoms with Gasteiger partial charge in [-0.1, -0.05) is 28.9 Å². The van der Waals surface area contributed by atoms with E-state index in [2.05, 4.69) is 5.16 Å². The second-order valence-corrected chi connectivity index (χ2v) is 7.09. The number of β-amino-alcohol motifs (C(OH)–C–C–N with tert-alkyl or cyclic N) is 1. The fourth-order valence-electron chi connectivity index (χ4n) is 3.23. The third-order valence-corrected chi connectivity index (χ3v) is 4.80. The van der Waals surface area contributed by atoms with Gasteiger partial charge < -0.3 is 14.5 Å². The van der Waals surface area contributed by atoms with Gasteiger partial charge >= 0.3 is 0 Å². The molecule has 2 heterocycles. The molecular weight excluding hydrogens is 356 g/mol. The number of carbonyl (C=O) groups is 2. The standard InChI is InChI=1S/C19H21ClN2O4/c1-12-8-16(26-21-12)10-19(25)22-11-15(23)9-17(22)18(24)7-4-13-2-5-14(20)6-3-13/h2-3,5-6,8,15,17,23H,4,7,9-11H2,1H3/t15-,17?/m1/s1. The summed E-state index contributed by atoms with van der Waals surface area (Å²) >= 11 is 5.86. The third-order valence-electron chi connectivity index (χ3n) is 4.55. The predicted molar refractivity (Wildman–Crippen MR) is 95.8 cm³/mol. The van der Waals surface area contributed by atoms with Crippen molar-refractivity contribution in [2.24, 2.45) is 0 Å². The minimum atomic E-state index is -0.681. The van der Waals surface area contributed by atoms with Crippen LogP contribution in [0.25, 0.3) is 0 Å². The first-order valence-corrected chi connectivity index (χ1v) is 8.97. The Hall–Kier alpha value is -2.18. The number of benzene rings is 1. The van der Waals surface area contributed by atoms with Crippen LogP contribution in [0.15, 0.2) is 34.9 Å². The van der Waals surface area contributed by atoms with Gasteiger partial charge in [-0.25, -0.2) is 0 Å². The van der Waals surface area contributed by atoms with Crippen molar-refractivity contribution in [3.63, 3.8) is 0 Å². The number of likely N-dealkylation sites (tertiary alicyclic amines) is 1. The van der Waals surface area contributed by atoms with E-state index in [9.17, 15) is 14.7 Å². The Morgan fingerprint density at radius 3 is 2.73 bits per heavy atom. The monoisotopic (exact) mass is 376 g/mol. The van der Waals surface area contributed by atoms with E-state index in [1.54, 1.807) is 25.1 Å². The molecule has 1 saturated heterocycles. The first-order chi connectivity index (χ1) is 12.4. The third kappa shape index (κ3) is 4.51. The van der Waals surface area contributed by atoms with Gasteiger partial charge in [-0.15, -0.1) is 0 Å². The number of hydrogen-bond acceptors (Lipinski definition) is 5. The van der Waals surface area contributed by atoms with Gasteiger partial charge in [0, 0.05) is 30.5 Å². The molecule has 1 unspecified atom stereocenters. The molecule has 26 heavy (non-hydrogen) atoms. The summed E-state index contributed by atoms with van der Waals surface area (Å²) < 4.78 is 5.08. The van der Waals surface area contributed by atoms with Crippen LogP contribution in [0.1, 0.15) is 29.9 Å². The Bertz CT molecular complexity index is 787. The lowest BCUT2D eigenvalue weighted by molar-refractivity contribution is -0.137. The summed E-state index contributed by atoms with van der Waals surface area (Å²) in [5.41, 5.74) is 1.71. The van der Waals surface area contributed by atoms with Crippen molar-refractivity contribution in [2.45, 2.75) is 44.8 Å². The molecule has 0 spiro atoms. The van der Waals surface area contributed by atoms with Crippen LogP contribution in [0.4, 0.5) is 0 Å². The van der Waals surface area contributed by atoms with Crippen LogP contribution in [0.3, 0.4) is 0 Å². The summed E-state index contributed by atoms with van der Waals surface area (Å²) in [6, 6.07) is 8.45. The Morgan fingerprint density at radius 2 is 2.08 bits per heavy atom. The van der Waals surface area contributed by atoms with Crippen molar-refractivity contribution in [2.75, 3.05) is 6.54 Å². The van der Waals surface area contributed by atoms with Crippen LogP contribution < -0.4 is 0 Å². The summed E-state index contributed by atoms with van der Waals surface area (Å²) in [7, 11) is 0. The fraction of sp³-hybridized carbons (Fsp3) is 0.421. The van der Waals surface area contributed by atoms with Crippen molar-refractivity contribution in [1.29, 1.82) is 0 Å². The van der Waals surface area contributed by atoms with E-state index in [4.69, 9.17) is 16.1 Å². The normalized spacial score (nSPS) is 19.7. The van der Waals surface area contributed by atoms with E-state index in [1.165, 1.54) is 4.90 Å². The van der Waals surface area contributed by atoms with Gasteiger partial charge in [0.1, 0.15) is 5.76 Å². The second-order valence-electron chi connectivity index (χ2n) is 6.66.